The molecule has 1 N–H and O–H groups in total. The summed E-state index contributed by atoms with van der Waals surface area (Å²) in [6.45, 7) is 5.35. The number of hydrogen-bond donors (Lipinski definition) is 1. The number of rotatable bonds is 6. The highest BCUT2D eigenvalue weighted by Gasteiger charge is 2.58. The Hall–Kier alpha value is -4.51. The highest BCUT2D eigenvalue weighted by atomic mass is 79.9. The van der Waals surface area contributed by atoms with E-state index in [0.29, 0.717) is 39.3 Å². The number of fused-ring (bicyclic) bond motifs is 3. The first-order valence-electron chi connectivity index (χ1n) is 14.6. The minimum Gasteiger partial charge on any atom is -0.325 e. The lowest BCUT2D eigenvalue weighted by atomic mass is 9.66. The molecule has 3 aromatic heterocycles. The summed E-state index contributed by atoms with van der Waals surface area (Å²) >= 11 is 3.45. The Morgan fingerprint density at radius 1 is 1.05 bits per heavy atom. The van der Waals surface area contributed by atoms with Gasteiger partial charge in [-0.15, -0.1) is 0 Å². The van der Waals surface area contributed by atoms with Gasteiger partial charge in [-0.2, -0.15) is 5.10 Å². The van der Waals surface area contributed by atoms with E-state index >= 15 is 0 Å². The summed E-state index contributed by atoms with van der Waals surface area (Å²) in [6.07, 6.45) is 5.84. The van der Waals surface area contributed by atoms with Crippen molar-refractivity contribution in [2.45, 2.75) is 58.7 Å². The second kappa shape index (κ2) is 10.6. The molecule has 1 saturated carbocycles. The number of hydrogen-bond acceptors (Lipinski definition) is 7. The van der Waals surface area contributed by atoms with Gasteiger partial charge in [0.05, 0.1) is 5.52 Å². The largest absolute Gasteiger partial charge is 0.325 e. The van der Waals surface area contributed by atoms with Crippen molar-refractivity contribution in [3.05, 3.63) is 77.0 Å². The van der Waals surface area contributed by atoms with Crippen LogP contribution in [0, 0.1) is 12.3 Å². The number of Topliss-reactive ketones (excluding diaryl/α,β-unsaturated/α-hetero) is 1. The van der Waals surface area contributed by atoms with Crippen LogP contribution in [0.3, 0.4) is 0 Å². The Morgan fingerprint density at radius 3 is 2.55 bits per heavy atom. The van der Waals surface area contributed by atoms with Gasteiger partial charge in [-0.05, 0) is 76.7 Å². The molecule has 222 valence electrons. The molecule has 5 aromatic rings. The number of ketones is 1. The number of anilines is 1. The maximum absolute atomic E-state index is 14.1. The Balaban J connectivity index is 1.20. The third kappa shape index (κ3) is 4.75. The highest BCUT2D eigenvalue weighted by molar-refractivity contribution is 9.10. The number of likely N-dealkylation sites (tertiary alicyclic amines) is 1. The molecule has 2 aliphatic rings. The molecule has 4 heterocycles. The van der Waals surface area contributed by atoms with Crippen molar-refractivity contribution in [1.29, 1.82) is 0 Å². The lowest BCUT2D eigenvalue weighted by molar-refractivity contribution is -0.141. The Morgan fingerprint density at radius 2 is 1.82 bits per heavy atom. The van der Waals surface area contributed by atoms with Crippen LogP contribution in [0.15, 0.2) is 65.5 Å². The van der Waals surface area contributed by atoms with Crippen LogP contribution < -0.4 is 5.32 Å². The van der Waals surface area contributed by atoms with Gasteiger partial charge in [0.1, 0.15) is 34.5 Å². The Bertz CT molecular complexity index is 1990. The maximum Gasteiger partial charge on any atom is 0.248 e. The summed E-state index contributed by atoms with van der Waals surface area (Å²) in [5.74, 6) is 0.460. The summed E-state index contributed by atoms with van der Waals surface area (Å²) in [5.41, 5.74) is 2.49. The molecule has 10 nitrogen and oxygen atoms in total. The standard InChI is InChI=1S/C33H30BrN7O3/c1-18(42)30-24-12-20(22-15-35-19(2)36-16-22)8-9-25(24)40(39-30)17-29(43)41-26(14-33(3)11-10-27(33)41)32(44)38-31-23-7-5-4-6-21(23)13-28(34)37-31/h4-9,12-13,15-16,26-27H,10-11,14,17H2,1-3H3,(H,37,38,44)/t26-,27+,33+/m0/s1. The van der Waals surface area contributed by atoms with Crippen molar-refractivity contribution in [3.63, 3.8) is 0 Å². The lowest BCUT2D eigenvalue weighted by Gasteiger charge is -2.44. The van der Waals surface area contributed by atoms with E-state index in [1.165, 1.54) is 6.92 Å². The van der Waals surface area contributed by atoms with Gasteiger partial charge in [0.15, 0.2) is 5.78 Å². The number of benzene rings is 2. The molecule has 2 amide bonds. The average molecular weight is 653 g/mol. The van der Waals surface area contributed by atoms with E-state index in [2.05, 4.69) is 48.2 Å². The van der Waals surface area contributed by atoms with Crippen LogP contribution in [-0.2, 0) is 16.1 Å². The molecule has 2 aromatic carbocycles. The SMILES string of the molecule is CC(=O)c1nn(CC(=O)N2[C@H](C(=O)Nc3nc(Br)cc4ccccc34)C[C@@]3(C)CC[C@@H]23)c2ccc(-c3cnc(C)nc3)cc12. The van der Waals surface area contributed by atoms with Gasteiger partial charge in [-0.3, -0.25) is 19.1 Å². The molecule has 3 atom stereocenters. The number of nitrogens with zero attached hydrogens (tertiary/aromatic N) is 6. The van der Waals surface area contributed by atoms with Crippen LogP contribution in [0.2, 0.25) is 0 Å². The van der Waals surface area contributed by atoms with E-state index in [4.69, 9.17) is 0 Å². The van der Waals surface area contributed by atoms with Crippen molar-refractivity contribution in [3.8, 4) is 11.1 Å². The predicted octanol–water partition coefficient (Wildman–Crippen LogP) is 5.72. The first-order chi connectivity index (χ1) is 21.1. The number of pyridine rings is 1. The minimum absolute atomic E-state index is 0.0415. The molecule has 7 rings (SSSR count). The van der Waals surface area contributed by atoms with Crippen LogP contribution in [-0.4, -0.2) is 59.3 Å². The number of nitrogens with one attached hydrogen (secondary N) is 1. The number of carbonyl (C=O) groups excluding carboxylic acids is 3. The average Bonchev–Trinajstić information content (AvgIpc) is 3.45. The van der Waals surface area contributed by atoms with Crippen LogP contribution in [0.4, 0.5) is 5.82 Å². The zero-order valence-corrected chi connectivity index (χ0v) is 26.1. The third-order valence-electron chi connectivity index (χ3n) is 9.15. The number of aromatic nitrogens is 5. The van der Waals surface area contributed by atoms with E-state index < -0.39 is 6.04 Å². The smallest absolute Gasteiger partial charge is 0.248 e. The summed E-state index contributed by atoms with van der Waals surface area (Å²) in [4.78, 5) is 55.4. The molecule has 1 aliphatic carbocycles. The van der Waals surface area contributed by atoms with Crippen molar-refractivity contribution < 1.29 is 14.4 Å². The predicted molar refractivity (Wildman–Crippen MR) is 170 cm³/mol. The molecular weight excluding hydrogens is 622 g/mol. The fourth-order valence-corrected chi connectivity index (χ4v) is 7.18. The minimum atomic E-state index is -0.651. The van der Waals surface area contributed by atoms with Gasteiger partial charge < -0.3 is 10.2 Å². The monoisotopic (exact) mass is 651 g/mol. The molecule has 44 heavy (non-hydrogen) atoms. The quantitative estimate of drug-likeness (QED) is 0.184. The number of aryl methyl sites for hydroxylation is 1. The van der Waals surface area contributed by atoms with Crippen molar-refractivity contribution in [2.24, 2.45) is 5.41 Å². The van der Waals surface area contributed by atoms with E-state index in [1.807, 2.05) is 55.5 Å². The van der Waals surface area contributed by atoms with Gasteiger partial charge >= 0.3 is 0 Å². The Labute approximate surface area is 262 Å². The first kappa shape index (κ1) is 28.3. The molecule has 1 aliphatic heterocycles. The zero-order valence-electron chi connectivity index (χ0n) is 24.5. The summed E-state index contributed by atoms with van der Waals surface area (Å²) < 4.78 is 2.19. The molecule has 0 radical (unpaired) electrons. The summed E-state index contributed by atoms with van der Waals surface area (Å²) in [6, 6.07) is 14.6. The molecule has 0 bridgehead atoms. The topological polar surface area (TPSA) is 123 Å². The first-order valence-corrected chi connectivity index (χ1v) is 15.4. The molecule has 2 fully saturated rings. The van der Waals surface area contributed by atoms with Gasteiger partial charge in [0.2, 0.25) is 11.8 Å². The summed E-state index contributed by atoms with van der Waals surface area (Å²) in [7, 11) is 0. The van der Waals surface area contributed by atoms with E-state index in [-0.39, 0.29) is 35.6 Å². The van der Waals surface area contributed by atoms with Crippen LogP contribution in [0.1, 0.15) is 49.4 Å². The summed E-state index contributed by atoms with van der Waals surface area (Å²) in [5, 5.41) is 10.0. The van der Waals surface area contributed by atoms with Crippen molar-refractivity contribution in [2.75, 3.05) is 5.32 Å². The van der Waals surface area contributed by atoms with Gasteiger partial charge in [0.25, 0.3) is 0 Å². The molecular formula is C33H30BrN7O3. The van der Waals surface area contributed by atoms with E-state index in [0.717, 1.165) is 34.7 Å². The fraction of sp³-hybridized carbons (Fsp3) is 0.303. The van der Waals surface area contributed by atoms with Crippen LogP contribution in [0.5, 0.6) is 0 Å². The number of carbonyl (C=O) groups is 3. The zero-order chi connectivity index (χ0) is 30.7. The van der Waals surface area contributed by atoms with E-state index in [1.54, 1.807) is 22.0 Å². The third-order valence-corrected chi connectivity index (χ3v) is 9.56. The van der Waals surface area contributed by atoms with Crippen LogP contribution >= 0.6 is 15.9 Å². The van der Waals surface area contributed by atoms with Crippen LogP contribution in [0.25, 0.3) is 32.8 Å². The number of halogens is 1. The molecule has 1 saturated heterocycles. The molecule has 0 spiro atoms. The number of amides is 2. The maximum atomic E-state index is 14.1. The lowest BCUT2D eigenvalue weighted by Crippen LogP contribution is -2.52. The normalized spacial score (nSPS) is 20.9. The van der Waals surface area contributed by atoms with Gasteiger partial charge in [-0.25, -0.2) is 15.0 Å². The van der Waals surface area contributed by atoms with E-state index in [9.17, 15) is 14.4 Å². The van der Waals surface area contributed by atoms with Crippen molar-refractivity contribution in [1.82, 2.24) is 29.6 Å². The molecule has 11 heteroatoms. The van der Waals surface area contributed by atoms with Crippen molar-refractivity contribution >= 4 is 61.0 Å². The van der Waals surface area contributed by atoms with Gasteiger partial charge in [0, 0.05) is 41.7 Å². The Kier molecular flexibility index (Phi) is 6.80. The van der Waals surface area contributed by atoms with Gasteiger partial charge in [-0.1, -0.05) is 37.3 Å². The fourth-order valence-electron chi connectivity index (χ4n) is 6.76. The second-order valence-corrected chi connectivity index (χ2v) is 12.9. The highest BCUT2D eigenvalue weighted by Crippen LogP contribution is 2.54. The molecule has 0 unspecified atom stereocenters. The second-order valence-electron chi connectivity index (χ2n) is 12.0.